The summed E-state index contributed by atoms with van der Waals surface area (Å²) in [5.74, 6) is 0. The zero-order valence-electron chi connectivity index (χ0n) is 13.1. The average Bonchev–Trinajstić information content (AvgIpc) is 2.53. The van der Waals surface area contributed by atoms with Crippen LogP contribution in [0, 0.1) is 0 Å². The maximum Gasteiger partial charge on any atom is 0.0740 e. The van der Waals surface area contributed by atoms with Gasteiger partial charge in [0.1, 0.15) is 0 Å². The fraction of sp³-hybridized carbons (Fsp3) is 0.316. The first-order valence-electron chi connectivity index (χ1n) is 7.71. The van der Waals surface area contributed by atoms with Crippen LogP contribution in [0.25, 0.3) is 0 Å². The van der Waals surface area contributed by atoms with Crippen molar-refractivity contribution < 1.29 is 0 Å². The number of halogens is 1. The predicted octanol–water partition coefficient (Wildman–Crippen LogP) is 4.05. The van der Waals surface area contributed by atoms with Crippen molar-refractivity contribution in [3.63, 3.8) is 0 Å². The van der Waals surface area contributed by atoms with E-state index in [0.29, 0.717) is 6.04 Å². The summed E-state index contributed by atoms with van der Waals surface area (Å²) in [6.45, 7) is 1.05. The molecule has 0 radical (unpaired) electrons. The van der Waals surface area contributed by atoms with Crippen LogP contribution in [-0.2, 0) is 6.42 Å². The third-order valence-electron chi connectivity index (χ3n) is 4.08. The van der Waals surface area contributed by atoms with Crippen LogP contribution in [0.4, 0.5) is 0 Å². The number of hydrogen-bond acceptors (Lipinski definition) is 2. The van der Waals surface area contributed by atoms with E-state index >= 15 is 0 Å². The van der Waals surface area contributed by atoms with E-state index in [0.717, 1.165) is 35.7 Å². The van der Waals surface area contributed by atoms with Gasteiger partial charge >= 0.3 is 0 Å². The van der Waals surface area contributed by atoms with Crippen LogP contribution in [0.1, 0.15) is 23.1 Å². The van der Waals surface area contributed by atoms with Crippen LogP contribution < -0.4 is 0 Å². The van der Waals surface area contributed by atoms with E-state index in [-0.39, 0.29) is 0 Å². The summed E-state index contributed by atoms with van der Waals surface area (Å²) in [6.07, 6.45) is 2.08. The lowest BCUT2D eigenvalue weighted by Gasteiger charge is -2.25. The summed E-state index contributed by atoms with van der Waals surface area (Å²) in [5, 5.41) is 0.768. The topological polar surface area (TPSA) is 15.6 Å². The van der Waals surface area contributed by atoms with Crippen LogP contribution in [0.2, 0.25) is 5.02 Å². The first-order valence-corrected chi connectivity index (χ1v) is 8.08. The smallest absolute Gasteiger partial charge is 0.0740 e. The minimum Gasteiger partial charge on any atom is -0.309 e. The molecule has 2 aromatic rings. The van der Waals surface area contributed by atoms with E-state index in [1.54, 1.807) is 0 Å². The van der Waals surface area contributed by atoms with Gasteiger partial charge in [-0.2, -0.15) is 0 Å². The Morgan fingerprint density at radius 2 is 1.73 bits per heavy atom. The fourth-order valence-electron chi connectivity index (χ4n) is 2.92. The number of hydrogen-bond donors (Lipinski definition) is 0. The third kappa shape index (κ3) is 3.23. The van der Waals surface area contributed by atoms with Gasteiger partial charge in [0.2, 0.25) is 0 Å². The molecule has 22 heavy (non-hydrogen) atoms. The quantitative estimate of drug-likeness (QED) is 0.831. The lowest BCUT2D eigenvalue weighted by Crippen LogP contribution is -2.26. The molecule has 1 aliphatic heterocycles. The third-order valence-corrected chi connectivity index (χ3v) is 4.41. The Morgan fingerprint density at radius 1 is 1.05 bits per heavy atom. The van der Waals surface area contributed by atoms with E-state index in [2.05, 4.69) is 49.3 Å². The SMILES string of the molecule is CN(C)CCC1Cc2ccccc2C(c2ccccc2Cl)=N1. The van der Waals surface area contributed by atoms with Crippen LogP contribution >= 0.6 is 11.6 Å². The lowest BCUT2D eigenvalue weighted by molar-refractivity contribution is 0.379. The Balaban J connectivity index is 2.01. The van der Waals surface area contributed by atoms with Gasteiger partial charge in [0.25, 0.3) is 0 Å². The maximum atomic E-state index is 6.41. The molecule has 3 rings (SSSR count). The maximum absolute atomic E-state index is 6.41. The minimum absolute atomic E-state index is 0.323. The molecule has 1 unspecified atom stereocenters. The predicted molar refractivity (Wildman–Crippen MR) is 94.2 cm³/mol. The van der Waals surface area contributed by atoms with Crippen LogP contribution in [0.3, 0.4) is 0 Å². The first-order chi connectivity index (χ1) is 10.6. The first kappa shape index (κ1) is 15.3. The van der Waals surface area contributed by atoms with Gasteiger partial charge in [-0.1, -0.05) is 54.1 Å². The number of rotatable bonds is 4. The molecule has 0 saturated heterocycles. The van der Waals surface area contributed by atoms with E-state index in [4.69, 9.17) is 16.6 Å². The molecule has 2 aromatic carbocycles. The van der Waals surface area contributed by atoms with Gasteiger partial charge < -0.3 is 4.90 Å². The molecule has 0 fully saturated rings. The minimum atomic E-state index is 0.323. The van der Waals surface area contributed by atoms with Crippen molar-refractivity contribution in [2.75, 3.05) is 20.6 Å². The van der Waals surface area contributed by atoms with Crippen molar-refractivity contribution in [2.45, 2.75) is 18.9 Å². The number of aliphatic imine (C=N–C) groups is 1. The number of nitrogens with zero attached hydrogens (tertiary/aromatic N) is 2. The average molecular weight is 313 g/mol. The van der Waals surface area contributed by atoms with Crippen molar-refractivity contribution in [1.29, 1.82) is 0 Å². The standard InChI is InChI=1S/C19H21ClN2/c1-22(2)12-11-15-13-14-7-3-4-8-16(14)19(21-15)17-9-5-6-10-18(17)20/h3-10,15H,11-13H2,1-2H3. The molecule has 0 aliphatic carbocycles. The highest BCUT2D eigenvalue weighted by Crippen LogP contribution is 2.28. The second kappa shape index (κ2) is 6.64. The molecule has 1 heterocycles. The van der Waals surface area contributed by atoms with Gasteiger partial charge in [-0.3, -0.25) is 4.99 Å². The Bertz CT molecular complexity index is 691. The van der Waals surface area contributed by atoms with Crippen LogP contribution in [-0.4, -0.2) is 37.3 Å². The monoisotopic (exact) mass is 312 g/mol. The molecule has 1 aliphatic rings. The van der Waals surface area contributed by atoms with Crippen LogP contribution in [0.5, 0.6) is 0 Å². The molecule has 2 nitrogen and oxygen atoms in total. The van der Waals surface area contributed by atoms with E-state index in [1.165, 1.54) is 11.1 Å². The van der Waals surface area contributed by atoms with Crippen molar-refractivity contribution >= 4 is 17.3 Å². The molecule has 0 aromatic heterocycles. The fourth-order valence-corrected chi connectivity index (χ4v) is 3.15. The number of benzene rings is 2. The van der Waals surface area contributed by atoms with Crippen LogP contribution in [0.15, 0.2) is 53.5 Å². The summed E-state index contributed by atoms with van der Waals surface area (Å²) >= 11 is 6.41. The molecular formula is C19H21ClN2. The second-order valence-corrected chi connectivity index (χ2v) is 6.47. The highest BCUT2D eigenvalue weighted by Gasteiger charge is 2.22. The van der Waals surface area contributed by atoms with Gasteiger partial charge in [0, 0.05) is 16.1 Å². The summed E-state index contributed by atoms with van der Waals surface area (Å²) in [5.41, 5.74) is 4.66. The molecule has 3 heteroatoms. The summed E-state index contributed by atoms with van der Waals surface area (Å²) in [7, 11) is 4.21. The highest BCUT2D eigenvalue weighted by molar-refractivity contribution is 6.35. The zero-order valence-corrected chi connectivity index (χ0v) is 13.8. The van der Waals surface area contributed by atoms with Gasteiger partial charge in [-0.15, -0.1) is 0 Å². The van der Waals surface area contributed by atoms with Crippen molar-refractivity contribution in [3.8, 4) is 0 Å². The van der Waals surface area contributed by atoms with Crippen molar-refractivity contribution in [1.82, 2.24) is 4.90 Å². The van der Waals surface area contributed by atoms with E-state index in [9.17, 15) is 0 Å². The molecular weight excluding hydrogens is 292 g/mol. The summed E-state index contributed by atoms with van der Waals surface area (Å²) in [6, 6.07) is 16.9. The number of fused-ring (bicyclic) bond motifs is 1. The molecule has 0 bridgehead atoms. The zero-order chi connectivity index (χ0) is 15.5. The molecule has 0 N–H and O–H groups in total. The molecule has 114 valence electrons. The molecule has 0 saturated carbocycles. The van der Waals surface area contributed by atoms with Gasteiger partial charge in [-0.05, 0) is 45.1 Å². The van der Waals surface area contributed by atoms with Gasteiger partial charge in [-0.25, -0.2) is 0 Å². The molecule has 0 spiro atoms. The van der Waals surface area contributed by atoms with Gasteiger partial charge in [0.15, 0.2) is 0 Å². The Hall–Kier alpha value is -1.64. The summed E-state index contributed by atoms with van der Waals surface area (Å²) < 4.78 is 0. The molecule has 0 amide bonds. The Kier molecular flexibility index (Phi) is 4.60. The van der Waals surface area contributed by atoms with Crippen molar-refractivity contribution in [3.05, 3.63) is 70.2 Å². The normalized spacial score (nSPS) is 17.3. The van der Waals surface area contributed by atoms with E-state index < -0.39 is 0 Å². The molecule has 1 atom stereocenters. The van der Waals surface area contributed by atoms with Crippen molar-refractivity contribution in [2.24, 2.45) is 4.99 Å². The van der Waals surface area contributed by atoms with Gasteiger partial charge in [0.05, 0.1) is 11.8 Å². The Morgan fingerprint density at radius 3 is 2.45 bits per heavy atom. The summed E-state index contributed by atoms with van der Waals surface area (Å²) in [4.78, 5) is 7.25. The lowest BCUT2D eigenvalue weighted by atomic mass is 9.89. The highest BCUT2D eigenvalue weighted by atomic mass is 35.5. The largest absolute Gasteiger partial charge is 0.309 e. The Labute approximate surface area is 137 Å². The second-order valence-electron chi connectivity index (χ2n) is 6.06. The van der Waals surface area contributed by atoms with E-state index in [1.807, 2.05) is 18.2 Å².